The quantitative estimate of drug-likeness (QED) is 0.817. The molecule has 2 heterocycles. The fourth-order valence-electron chi connectivity index (χ4n) is 5.36. The van der Waals surface area contributed by atoms with Gasteiger partial charge in [0, 0.05) is 12.1 Å². The van der Waals surface area contributed by atoms with Gasteiger partial charge in [-0.1, -0.05) is 39.8 Å². The molecule has 0 aromatic heterocycles. The van der Waals surface area contributed by atoms with Crippen molar-refractivity contribution >= 4 is 0 Å². The summed E-state index contributed by atoms with van der Waals surface area (Å²) in [7, 11) is 0. The fourth-order valence-corrected chi connectivity index (χ4v) is 5.36. The van der Waals surface area contributed by atoms with Gasteiger partial charge in [0.1, 0.15) is 0 Å². The number of ether oxygens (including phenoxy) is 1. The molecular weight excluding hydrogens is 310 g/mol. The summed E-state index contributed by atoms with van der Waals surface area (Å²) in [4.78, 5) is 0. The molecule has 25 heavy (non-hydrogen) atoms. The Kier molecular flexibility index (Phi) is 3.89. The Bertz CT molecular complexity index is 680. The van der Waals surface area contributed by atoms with E-state index in [2.05, 4.69) is 52.1 Å². The normalized spacial score (nSPS) is 35.9. The molecule has 2 aliphatic heterocycles. The van der Waals surface area contributed by atoms with E-state index in [1.165, 1.54) is 29.5 Å². The molecule has 2 bridgehead atoms. The van der Waals surface area contributed by atoms with Crippen LogP contribution in [0.2, 0.25) is 0 Å². The average molecular weight is 344 g/mol. The molecule has 0 spiro atoms. The van der Waals surface area contributed by atoms with Gasteiger partial charge in [-0.3, -0.25) is 0 Å². The zero-order valence-corrected chi connectivity index (χ0v) is 16.4. The van der Waals surface area contributed by atoms with Crippen molar-refractivity contribution < 1.29 is 9.84 Å². The smallest absolute Gasteiger partial charge is 0.0930 e. The molecule has 3 heteroatoms. The summed E-state index contributed by atoms with van der Waals surface area (Å²) in [5.41, 5.74) is 4.97. The van der Waals surface area contributed by atoms with Crippen molar-refractivity contribution in [2.45, 2.75) is 88.8 Å². The molecule has 1 aromatic rings. The van der Waals surface area contributed by atoms with Crippen LogP contribution in [0.15, 0.2) is 12.1 Å². The molecule has 3 nitrogen and oxygen atoms in total. The lowest BCUT2D eigenvalue weighted by molar-refractivity contribution is -0.0806. The number of morpholine rings is 1. The molecular formula is C22H33NO2. The number of aryl methyl sites for hydroxylation is 1. The monoisotopic (exact) mass is 343 g/mol. The molecule has 3 aliphatic rings. The van der Waals surface area contributed by atoms with E-state index in [1.54, 1.807) is 0 Å². The molecule has 2 unspecified atom stereocenters. The second kappa shape index (κ2) is 5.55. The predicted octanol–water partition coefficient (Wildman–Crippen LogP) is 3.68. The van der Waals surface area contributed by atoms with Gasteiger partial charge in [-0.05, 0) is 65.7 Å². The number of fused-ring (bicyclic) bond motifs is 3. The number of aliphatic hydroxyl groups is 1. The molecule has 0 radical (unpaired) electrons. The van der Waals surface area contributed by atoms with Gasteiger partial charge in [-0.15, -0.1) is 0 Å². The number of piperidine rings is 1. The van der Waals surface area contributed by atoms with Crippen LogP contribution in [0.25, 0.3) is 0 Å². The molecule has 0 saturated carbocycles. The molecule has 2 fully saturated rings. The molecule has 1 aromatic carbocycles. The average Bonchev–Trinajstić information content (AvgIpc) is 2.51. The first-order chi connectivity index (χ1) is 11.6. The molecule has 1 aliphatic carbocycles. The van der Waals surface area contributed by atoms with Gasteiger partial charge >= 0.3 is 0 Å². The van der Waals surface area contributed by atoms with E-state index >= 15 is 0 Å². The highest BCUT2D eigenvalue weighted by atomic mass is 16.5. The van der Waals surface area contributed by atoms with Gasteiger partial charge < -0.3 is 15.2 Å². The number of nitrogens with one attached hydrogen (secondary N) is 1. The van der Waals surface area contributed by atoms with Gasteiger partial charge in [0.25, 0.3) is 0 Å². The Hall–Kier alpha value is -0.900. The summed E-state index contributed by atoms with van der Waals surface area (Å²) >= 11 is 0. The highest BCUT2D eigenvalue weighted by molar-refractivity contribution is 5.49. The number of rotatable bonds is 1. The lowest BCUT2D eigenvalue weighted by atomic mass is 9.61. The van der Waals surface area contributed by atoms with Crippen molar-refractivity contribution in [3.05, 3.63) is 34.4 Å². The standard InChI is InChI=1S/C22H33NO2/c1-14-8-18-19(21(4,5)7-6-20(18,2)3)9-17(14)22(24)10-15-12-25-13-16(11-22)23-15/h8-9,15-16,23-24H,6-7,10-13H2,1-5H3. The molecule has 4 rings (SSSR count). The van der Waals surface area contributed by atoms with Crippen molar-refractivity contribution in [1.82, 2.24) is 5.32 Å². The summed E-state index contributed by atoms with van der Waals surface area (Å²) in [5.74, 6) is 0. The second-order valence-electron chi connectivity index (χ2n) is 10.0. The fraction of sp³-hybridized carbons (Fsp3) is 0.727. The third-order valence-electron chi connectivity index (χ3n) is 6.98. The lowest BCUT2D eigenvalue weighted by Crippen LogP contribution is -2.58. The van der Waals surface area contributed by atoms with Crippen molar-refractivity contribution in [2.24, 2.45) is 0 Å². The van der Waals surface area contributed by atoms with Gasteiger partial charge in [-0.25, -0.2) is 0 Å². The Morgan fingerprint density at radius 3 is 2.00 bits per heavy atom. The molecule has 2 N–H and O–H groups in total. The molecule has 2 saturated heterocycles. The highest BCUT2D eigenvalue weighted by Crippen LogP contribution is 2.48. The van der Waals surface area contributed by atoms with E-state index in [0.717, 1.165) is 18.4 Å². The van der Waals surface area contributed by atoms with Crippen LogP contribution < -0.4 is 5.32 Å². The maximum Gasteiger partial charge on any atom is 0.0930 e. The van der Waals surface area contributed by atoms with Crippen molar-refractivity contribution in [1.29, 1.82) is 0 Å². The van der Waals surface area contributed by atoms with Crippen LogP contribution in [-0.2, 0) is 21.2 Å². The zero-order valence-electron chi connectivity index (χ0n) is 16.4. The SMILES string of the molecule is Cc1cc2c(cc1C1(O)CC3COCC(C1)N3)C(C)(C)CCC2(C)C. The van der Waals surface area contributed by atoms with E-state index in [0.29, 0.717) is 13.2 Å². The van der Waals surface area contributed by atoms with Crippen LogP contribution in [0.4, 0.5) is 0 Å². The Balaban J connectivity index is 1.81. The summed E-state index contributed by atoms with van der Waals surface area (Å²) < 4.78 is 5.67. The first-order valence-electron chi connectivity index (χ1n) is 9.83. The minimum absolute atomic E-state index is 0.176. The van der Waals surface area contributed by atoms with E-state index in [1.807, 2.05) is 0 Å². The van der Waals surface area contributed by atoms with Crippen molar-refractivity contribution in [3.63, 3.8) is 0 Å². The number of hydrogen-bond acceptors (Lipinski definition) is 3. The Morgan fingerprint density at radius 1 is 0.920 bits per heavy atom. The summed E-state index contributed by atoms with van der Waals surface area (Å²) in [6.07, 6.45) is 3.91. The van der Waals surface area contributed by atoms with Crippen LogP contribution in [0.3, 0.4) is 0 Å². The van der Waals surface area contributed by atoms with Crippen LogP contribution in [-0.4, -0.2) is 30.4 Å². The van der Waals surface area contributed by atoms with Crippen molar-refractivity contribution in [2.75, 3.05) is 13.2 Å². The van der Waals surface area contributed by atoms with E-state index in [4.69, 9.17) is 4.74 Å². The Morgan fingerprint density at radius 2 is 1.44 bits per heavy atom. The minimum Gasteiger partial charge on any atom is -0.385 e. The number of hydrogen-bond donors (Lipinski definition) is 2. The third-order valence-corrected chi connectivity index (χ3v) is 6.98. The summed E-state index contributed by atoms with van der Waals surface area (Å²) in [6.45, 7) is 13.0. The van der Waals surface area contributed by atoms with Gasteiger partial charge in [0.15, 0.2) is 0 Å². The maximum atomic E-state index is 11.6. The van der Waals surface area contributed by atoms with Crippen molar-refractivity contribution in [3.8, 4) is 0 Å². The molecule has 138 valence electrons. The van der Waals surface area contributed by atoms with E-state index < -0.39 is 5.60 Å². The third kappa shape index (κ3) is 2.85. The van der Waals surface area contributed by atoms with Crippen LogP contribution in [0.1, 0.15) is 75.6 Å². The van der Waals surface area contributed by atoms with Gasteiger partial charge in [-0.2, -0.15) is 0 Å². The summed E-state index contributed by atoms with van der Waals surface area (Å²) in [5, 5.41) is 15.2. The van der Waals surface area contributed by atoms with Gasteiger partial charge in [0.2, 0.25) is 0 Å². The molecule has 2 atom stereocenters. The summed E-state index contributed by atoms with van der Waals surface area (Å²) in [6, 6.07) is 5.25. The van der Waals surface area contributed by atoms with Gasteiger partial charge in [0.05, 0.1) is 18.8 Å². The Labute approximate surface area is 152 Å². The first-order valence-corrected chi connectivity index (χ1v) is 9.83. The highest BCUT2D eigenvalue weighted by Gasteiger charge is 2.45. The van der Waals surface area contributed by atoms with Crippen LogP contribution >= 0.6 is 0 Å². The molecule has 0 amide bonds. The van der Waals surface area contributed by atoms with E-state index in [9.17, 15) is 5.11 Å². The number of benzene rings is 1. The largest absolute Gasteiger partial charge is 0.385 e. The minimum atomic E-state index is -0.735. The maximum absolute atomic E-state index is 11.6. The second-order valence-corrected chi connectivity index (χ2v) is 10.0. The predicted molar refractivity (Wildman–Crippen MR) is 101 cm³/mol. The zero-order chi connectivity index (χ0) is 18.0. The van der Waals surface area contributed by atoms with E-state index in [-0.39, 0.29) is 22.9 Å². The lowest BCUT2D eigenvalue weighted by Gasteiger charge is -2.47. The first kappa shape index (κ1) is 17.5. The van der Waals surface area contributed by atoms with Crippen LogP contribution in [0.5, 0.6) is 0 Å². The topological polar surface area (TPSA) is 41.5 Å². The van der Waals surface area contributed by atoms with Crippen LogP contribution in [0, 0.1) is 6.92 Å².